The number of likely N-dealkylation sites (tertiary alicyclic amines) is 1. The Balaban J connectivity index is 1.81. The van der Waals surface area contributed by atoms with Gasteiger partial charge in [0.2, 0.25) is 5.91 Å². The van der Waals surface area contributed by atoms with E-state index in [-0.39, 0.29) is 12.5 Å². The topological polar surface area (TPSA) is 66.6 Å². The van der Waals surface area contributed by atoms with Gasteiger partial charge in [0, 0.05) is 13.1 Å². The van der Waals surface area contributed by atoms with Gasteiger partial charge in [-0.2, -0.15) is 0 Å². The number of rotatable bonds is 4. The highest BCUT2D eigenvalue weighted by Crippen LogP contribution is 2.21. The standard InChI is InChI=1S/C15H22N2O2/c16-14(11-18)15(19)17-8-6-13(7-9-17)10-12-4-2-1-3-5-12/h1-5,13-14,18H,6-11,16H2/t14-/m1/s1. The lowest BCUT2D eigenvalue weighted by atomic mass is 9.90. The zero-order chi connectivity index (χ0) is 13.7. The Kier molecular flexibility index (Phi) is 4.93. The first-order chi connectivity index (χ1) is 9.20. The quantitative estimate of drug-likeness (QED) is 0.843. The van der Waals surface area contributed by atoms with E-state index in [0.29, 0.717) is 5.92 Å². The Morgan fingerprint density at radius 2 is 1.95 bits per heavy atom. The average Bonchev–Trinajstić information content (AvgIpc) is 2.47. The van der Waals surface area contributed by atoms with Crippen LogP contribution in [-0.2, 0) is 11.2 Å². The number of nitrogens with two attached hydrogens (primary N) is 1. The van der Waals surface area contributed by atoms with Crippen LogP contribution in [0.1, 0.15) is 18.4 Å². The van der Waals surface area contributed by atoms with Crippen molar-refractivity contribution in [1.29, 1.82) is 0 Å². The van der Waals surface area contributed by atoms with Gasteiger partial charge >= 0.3 is 0 Å². The maximum Gasteiger partial charge on any atom is 0.241 e. The molecule has 1 atom stereocenters. The van der Waals surface area contributed by atoms with Gasteiger partial charge in [-0.15, -0.1) is 0 Å². The third-order valence-electron chi connectivity index (χ3n) is 3.81. The van der Waals surface area contributed by atoms with Crippen molar-refractivity contribution in [3.8, 4) is 0 Å². The van der Waals surface area contributed by atoms with Gasteiger partial charge in [-0.3, -0.25) is 4.79 Å². The summed E-state index contributed by atoms with van der Waals surface area (Å²) in [5.41, 5.74) is 6.92. The summed E-state index contributed by atoms with van der Waals surface area (Å²) >= 11 is 0. The van der Waals surface area contributed by atoms with E-state index >= 15 is 0 Å². The minimum Gasteiger partial charge on any atom is -0.394 e. The van der Waals surface area contributed by atoms with E-state index in [0.717, 1.165) is 32.4 Å². The average molecular weight is 262 g/mol. The molecule has 4 heteroatoms. The molecule has 0 aliphatic carbocycles. The molecule has 1 aromatic rings. The molecule has 104 valence electrons. The molecule has 19 heavy (non-hydrogen) atoms. The number of aliphatic hydroxyl groups is 1. The van der Waals surface area contributed by atoms with Crippen LogP contribution in [0.2, 0.25) is 0 Å². The van der Waals surface area contributed by atoms with Crippen LogP contribution in [0.5, 0.6) is 0 Å². The molecule has 2 rings (SSSR count). The van der Waals surface area contributed by atoms with Crippen LogP contribution >= 0.6 is 0 Å². The number of amides is 1. The monoisotopic (exact) mass is 262 g/mol. The SMILES string of the molecule is N[C@H](CO)C(=O)N1CCC(Cc2ccccc2)CC1. The number of carbonyl (C=O) groups is 1. The van der Waals surface area contributed by atoms with Gasteiger partial charge < -0.3 is 15.7 Å². The second-order valence-electron chi connectivity index (χ2n) is 5.25. The fourth-order valence-corrected chi connectivity index (χ4v) is 2.62. The summed E-state index contributed by atoms with van der Waals surface area (Å²) in [7, 11) is 0. The highest BCUT2D eigenvalue weighted by molar-refractivity contribution is 5.81. The van der Waals surface area contributed by atoms with Crippen LogP contribution in [-0.4, -0.2) is 41.7 Å². The van der Waals surface area contributed by atoms with Gasteiger partial charge in [0.25, 0.3) is 0 Å². The molecule has 0 aromatic heterocycles. The summed E-state index contributed by atoms with van der Waals surface area (Å²) < 4.78 is 0. The highest BCUT2D eigenvalue weighted by atomic mass is 16.3. The van der Waals surface area contributed by atoms with Crippen molar-refractivity contribution in [2.24, 2.45) is 11.7 Å². The van der Waals surface area contributed by atoms with Crippen molar-refractivity contribution in [3.05, 3.63) is 35.9 Å². The number of piperidine rings is 1. The largest absolute Gasteiger partial charge is 0.394 e. The summed E-state index contributed by atoms with van der Waals surface area (Å²) in [6, 6.07) is 9.70. The zero-order valence-corrected chi connectivity index (χ0v) is 11.2. The molecule has 1 aromatic carbocycles. The maximum absolute atomic E-state index is 11.8. The molecule has 3 N–H and O–H groups in total. The van der Waals surface area contributed by atoms with Crippen LogP contribution in [0.15, 0.2) is 30.3 Å². The van der Waals surface area contributed by atoms with Crippen LogP contribution in [0.3, 0.4) is 0 Å². The van der Waals surface area contributed by atoms with E-state index in [2.05, 4.69) is 24.3 Å². The Morgan fingerprint density at radius 3 is 2.53 bits per heavy atom. The van der Waals surface area contributed by atoms with Gasteiger partial charge in [-0.25, -0.2) is 0 Å². The normalized spacial score (nSPS) is 18.3. The molecule has 0 saturated carbocycles. The van der Waals surface area contributed by atoms with Crippen molar-refractivity contribution in [2.75, 3.05) is 19.7 Å². The molecule has 1 saturated heterocycles. The lowest BCUT2D eigenvalue weighted by Gasteiger charge is -2.33. The Hall–Kier alpha value is -1.39. The minimum absolute atomic E-state index is 0.124. The Morgan fingerprint density at radius 1 is 1.32 bits per heavy atom. The maximum atomic E-state index is 11.8. The van der Waals surface area contributed by atoms with Crippen LogP contribution in [0.4, 0.5) is 0 Å². The predicted molar refractivity (Wildman–Crippen MR) is 74.5 cm³/mol. The molecule has 0 spiro atoms. The van der Waals surface area contributed by atoms with Crippen molar-refractivity contribution in [1.82, 2.24) is 4.90 Å². The Labute approximate surface area is 114 Å². The number of hydrogen-bond acceptors (Lipinski definition) is 3. The van der Waals surface area contributed by atoms with E-state index in [9.17, 15) is 4.79 Å². The third kappa shape index (κ3) is 3.78. The van der Waals surface area contributed by atoms with Crippen LogP contribution < -0.4 is 5.73 Å². The molecule has 0 unspecified atom stereocenters. The highest BCUT2D eigenvalue weighted by Gasteiger charge is 2.25. The van der Waals surface area contributed by atoms with E-state index in [1.807, 2.05) is 6.07 Å². The minimum atomic E-state index is -0.759. The molecule has 0 radical (unpaired) electrons. The zero-order valence-electron chi connectivity index (χ0n) is 11.2. The molecule has 1 fully saturated rings. The third-order valence-corrected chi connectivity index (χ3v) is 3.81. The lowest BCUT2D eigenvalue weighted by Crippen LogP contribution is -2.48. The summed E-state index contributed by atoms with van der Waals surface area (Å²) in [5.74, 6) is 0.512. The van der Waals surface area contributed by atoms with Gasteiger partial charge in [0.05, 0.1) is 6.61 Å². The van der Waals surface area contributed by atoms with Gasteiger partial charge in [0.1, 0.15) is 6.04 Å². The molecule has 1 amide bonds. The summed E-state index contributed by atoms with van der Waals surface area (Å²) in [6.45, 7) is 1.23. The number of aliphatic hydroxyl groups excluding tert-OH is 1. The second-order valence-corrected chi connectivity index (χ2v) is 5.25. The lowest BCUT2D eigenvalue weighted by molar-refractivity contribution is -0.134. The molecule has 1 aliphatic rings. The molecular weight excluding hydrogens is 240 g/mol. The first-order valence-corrected chi connectivity index (χ1v) is 6.90. The van der Waals surface area contributed by atoms with Crippen LogP contribution in [0.25, 0.3) is 0 Å². The van der Waals surface area contributed by atoms with E-state index in [1.54, 1.807) is 4.90 Å². The molecule has 1 heterocycles. The summed E-state index contributed by atoms with van der Waals surface area (Å²) in [6.07, 6.45) is 3.10. The second kappa shape index (κ2) is 6.68. The first-order valence-electron chi connectivity index (χ1n) is 6.90. The number of carbonyl (C=O) groups excluding carboxylic acids is 1. The van der Waals surface area contributed by atoms with Crippen molar-refractivity contribution < 1.29 is 9.90 Å². The first kappa shape index (κ1) is 14.0. The van der Waals surface area contributed by atoms with Gasteiger partial charge in [-0.05, 0) is 30.7 Å². The van der Waals surface area contributed by atoms with Crippen LogP contribution in [0, 0.1) is 5.92 Å². The van der Waals surface area contributed by atoms with Crippen molar-refractivity contribution >= 4 is 5.91 Å². The predicted octanol–water partition coefficient (Wildman–Crippen LogP) is 0.787. The summed E-state index contributed by atoms with van der Waals surface area (Å²) in [4.78, 5) is 13.6. The molecule has 1 aliphatic heterocycles. The number of hydrogen-bond donors (Lipinski definition) is 2. The van der Waals surface area contributed by atoms with E-state index in [4.69, 9.17) is 10.8 Å². The number of benzene rings is 1. The fraction of sp³-hybridized carbons (Fsp3) is 0.533. The fourth-order valence-electron chi connectivity index (χ4n) is 2.62. The molecule has 4 nitrogen and oxygen atoms in total. The van der Waals surface area contributed by atoms with E-state index in [1.165, 1.54) is 5.56 Å². The van der Waals surface area contributed by atoms with Crippen molar-refractivity contribution in [3.63, 3.8) is 0 Å². The summed E-state index contributed by atoms with van der Waals surface area (Å²) in [5, 5.41) is 8.91. The van der Waals surface area contributed by atoms with Crippen molar-refractivity contribution in [2.45, 2.75) is 25.3 Å². The van der Waals surface area contributed by atoms with E-state index < -0.39 is 6.04 Å². The van der Waals surface area contributed by atoms with Gasteiger partial charge in [0.15, 0.2) is 0 Å². The number of nitrogens with zero attached hydrogens (tertiary/aromatic N) is 1. The molecular formula is C15H22N2O2. The molecule has 0 bridgehead atoms. The smallest absolute Gasteiger partial charge is 0.241 e. The Bertz CT molecular complexity index is 400. The van der Waals surface area contributed by atoms with Gasteiger partial charge in [-0.1, -0.05) is 30.3 Å².